The number of anilines is 2. The van der Waals surface area contributed by atoms with Gasteiger partial charge in [0, 0.05) is 35.8 Å². The van der Waals surface area contributed by atoms with Crippen molar-refractivity contribution in [3.05, 3.63) is 63.2 Å². The SMILES string of the molecule is Cc1ccc(NC(=O)COC(=O)C2CC(=O)N(c3cccc([N+](=O)[O-])c3)C2)cc1Cl. The van der Waals surface area contributed by atoms with Gasteiger partial charge < -0.3 is 15.0 Å². The van der Waals surface area contributed by atoms with Crippen LogP contribution in [0.1, 0.15) is 12.0 Å². The van der Waals surface area contributed by atoms with Crippen LogP contribution in [0.2, 0.25) is 5.02 Å². The summed E-state index contributed by atoms with van der Waals surface area (Å²) in [6.45, 7) is 1.34. The number of halogens is 1. The Bertz CT molecular complexity index is 1030. The molecule has 1 aliphatic heterocycles. The second-order valence-corrected chi connectivity index (χ2v) is 7.21. The topological polar surface area (TPSA) is 119 Å². The van der Waals surface area contributed by atoms with Gasteiger partial charge in [-0.1, -0.05) is 23.7 Å². The third-order valence-corrected chi connectivity index (χ3v) is 5.02. The Kier molecular flexibility index (Phi) is 6.31. The minimum absolute atomic E-state index is 0.0218. The van der Waals surface area contributed by atoms with Crippen LogP contribution in [-0.4, -0.2) is 35.9 Å². The Labute approximate surface area is 176 Å². The maximum absolute atomic E-state index is 12.3. The lowest BCUT2D eigenvalue weighted by Gasteiger charge is -2.16. The van der Waals surface area contributed by atoms with E-state index >= 15 is 0 Å². The van der Waals surface area contributed by atoms with Crippen LogP contribution in [0, 0.1) is 23.0 Å². The molecule has 0 aliphatic carbocycles. The number of aryl methyl sites for hydroxylation is 1. The van der Waals surface area contributed by atoms with Crippen LogP contribution >= 0.6 is 11.6 Å². The molecule has 1 heterocycles. The highest BCUT2D eigenvalue weighted by Crippen LogP contribution is 2.28. The molecule has 0 spiro atoms. The number of rotatable bonds is 6. The molecule has 156 valence electrons. The summed E-state index contributed by atoms with van der Waals surface area (Å²) in [5, 5.41) is 14.0. The van der Waals surface area contributed by atoms with Crippen LogP contribution in [0.5, 0.6) is 0 Å². The molecule has 0 saturated carbocycles. The van der Waals surface area contributed by atoms with Crippen molar-refractivity contribution in [1.29, 1.82) is 0 Å². The van der Waals surface area contributed by atoms with E-state index < -0.39 is 29.3 Å². The van der Waals surface area contributed by atoms with Gasteiger partial charge in [0.1, 0.15) is 0 Å². The summed E-state index contributed by atoms with van der Waals surface area (Å²) < 4.78 is 5.04. The van der Waals surface area contributed by atoms with Crippen molar-refractivity contribution in [2.75, 3.05) is 23.4 Å². The van der Waals surface area contributed by atoms with Crippen molar-refractivity contribution >= 4 is 46.4 Å². The monoisotopic (exact) mass is 431 g/mol. The molecule has 1 atom stereocenters. The minimum atomic E-state index is -0.765. The van der Waals surface area contributed by atoms with Gasteiger partial charge in [-0.25, -0.2) is 0 Å². The maximum atomic E-state index is 12.3. The lowest BCUT2D eigenvalue weighted by molar-refractivity contribution is -0.384. The predicted octanol–water partition coefficient (Wildman–Crippen LogP) is 3.09. The number of hydrogen-bond donors (Lipinski definition) is 1. The zero-order valence-electron chi connectivity index (χ0n) is 16.0. The van der Waals surface area contributed by atoms with Gasteiger partial charge in [-0.3, -0.25) is 24.5 Å². The van der Waals surface area contributed by atoms with Gasteiger partial charge in [-0.15, -0.1) is 0 Å². The number of non-ortho nitro benzene ring substituents is 1. The Morgan fingerprint density at radius 2 is 2.07 bits per heavy atom. The smallest absolute Gasteiger partial charge is 0.311 e. The fourth-order valence-corrected chi connectivity index (χ4v) is 3.19. The first-order valence-corrected chi connectivity index (χ1v) is 9.40. The van der Waals surface area contributed by atoms with Gasteiger partial charge in [-0.05, 0) is 30.7 Å². The van der Waals surface area contributed by atoms with E-state index in [4.69, 9.17) is 16.3 Å². The van der Waals surface area contributed by atoms with Crippen molar-refractivity contribution in [3.63, 3.8) is 0 Å². The summed E-state index contributed by atoms with van der Waals surface area (Å²) in [4.78, 5) is 48.2. The molecule has 1 N–H and O–H groups in total. The summed E-state index contributed by atoms with van der Waals surface area (Å²) >= 11 is 6.01. The van der Waals surface area contributed by atoms with Crippen molar-refractivity contribution in [3.8, 4) is 0 Å². The number of benzene rings is 2. The summed E-state index contributed by atoms with van der Waals surface area (Å²) in [5.41, 5.74) is 1.51. The first kappa shape index (κ1) is 21.3. The average molecular weight is 432 g/mol. The summed E-state index contributed by atoms with van der Waals surface area (Å²) in [5.74, 6) is -2.34. The van der Waals surface area contributed by atoms with Crippen LogP contribution < -0.4 is 10.2 Å². The minimum Gasteiger partial charge on any atom is -0.455 e. The van der Waals surface area contributed by atoms with Gasteiger partial charge in [0.2, 0.25) is 5.91 Å². The molecule has 2 aromatic carbocycles. The number of carbonyl (C=O) groups is 3. The Morgan fingerprint density at radius 1 is 1.30 bits per heavy atom. The largest absolute Gasteiger partial charge is 0.455 e. The molecule has 9 nitrogen and oxygen atoms in total. The zero-order chi connectivity index (χ0) is 21.8. The fraction of sp³-hybridized carbons (Fsp3) is 0.250. The lowest BCUT2D eigenvalue weighted by Crippen LogP contribution is -2.28. The molecule has 0 radical (unpaired) electrons. The number of nitrogens with one attached hydrogen (secondary N) is 1. The van der Waals surface area contributed by atoms with Crippen LogP contribution in [0.25, 0.3) is 0 Å². The van der Waals surface area contributed by atoms with Gasteiger partial charge >= 0.3 is 5.97 Å². The fourth-order valence-electron chi connectivity index (χ4n) is 3.01. The molecule has 2 aromatic rings. The number of esters is 1. The molecule has 10 heteroatoms. The number of hydrogen-bond acceptors (Lipinski definition) is 6. The van der Waals surface area contributed by atoms with E-state index in [0.29, 0.717) is 16.4 Å². The highest BCUT2D eigenvalue weighted by molar-refractivity contribution is 6.31. The molecule has 1 unspecified atom stereocenters. The quantitative estimate of drug-likeness (QED) is 0.426. The van der Waals surface area contributed by atoms with Crippen LogP contribution in [0.4, 0.5) is 17.1 Å². The second-order valence-electron chi connectivity index (χ2n) is 6.80. The van der Waals surface area contributed by atoms with Gasteiger partial charge in [0.15, 0.2) is 6.61 Å². The normalized spacial score (nSPS) is 15.7. The van der Waals surface area contributed by atoms with E-state index in [2.05, 4.69) is 5.32 Å². The highest BCUT2D eigenvalue weighted by Gasteiger charge is 2.36. The standard InChI is InChI=1S/C20H18ClN3O6/c1-12-5-6-14(8-17(12)21)22-18(25)11-30-20(27)13-7-19(26)23(10-13)15-3-2-4-16(9-15)24(28)29/h2-6,8-9,13H,7,10-11H2,1H3,(H,22,25). The molecule has 30 heavy (non-hydrogen) atoms. The Morgan fingerprint density at radius 3 is 2.77 bits per heavy atom. The van der Waals surface area contributed by atoms with Crippen LogP contribution in [-0.2, 0) is 19.1 Å². The molecular weight excluding hydrogens is 414 g/mol. The molecule has 0 aromatic heterocycles. The van der Waals surface area contributed by atoms with Crippen LogP contribution in [0.15, 0.2) is 42.5 Å². The zero-order valence-corrected chi connectivity index (χ0v) is 16.7. The predicted molar refractivity (Wildman–Crippen MR) is 109 cm³/mol. The van der Waals surface area contributed by atoms with E-state index in [-0.39, 0.29) is 24.6 Å². The molecule has 1 aliphatic rings. The van der Waals surface area contributed by atoms with Gasteiger partial charge in [-0.2, -0.15) is 0 Å². The van der Waals surface area contributed by atoms with Crippen molar-refractivity contribution in [1.82, 2.24) is 0 Å². The summed E-state index contributed by atoms with van der Waals surface area (Å²) in [7, 11) is 0. The van der Waals surface area contributed by atoms with Crippen molar-refractivity contribution in [2.45, 2.75) is 13.3 Å². The third-order valence-electron chi connectivity index (χ3n) is 4.61. The first-order chi connectivity index (χ1) is 14.2. The number of nitrogens with zero attached hydrogens (tertiary/aromatic N) is 2. The average Bonchev–Trinajstić information content (AvgIpc) is 3.11. The number of amides is 2. The number of nitro benzene ring substituents is 1. The number of carbonyl (C=O) groups excluding carboxylic acids is 3. The van der Waals surface area contributed by atoms with E-state index in [0.717, 1.165) is 5.56 Å². The lowest BCUT2D eigenvalue weighted by atomic mass is 10.1. The molecule has 1 saturated heterocycles. The highest BCUT2D eigenvalue weighted by atomic mass is 35.5. The molecule has 2 amide bonds. The molecule has 1 fully saturated rings. The maximum Gasteiger partial charge on any atom is 0.311 e. The van der Waals surface area contributed by atoms with E-state index in [1.807, 2.05) is 6.92 Å². The van der Waals surface area contributed by atoms with E-state index in [1.165, 1.54) is 23.1 Å². The van der Waals surface area contributed by atoms with E-state index in [9.17, 15) is 24.5 Å². The Hall–Kier alpha value is -3.46. The second kappa shape index (κ2) is 8.91. The molecular formula is C20H18ClN3O6. The summed E-state index contributed by atoms with van der Waals surface area (Å²) in [6, 6.07) is 10.6. The number of ether oxygens (including phenoxy) is 1. The molecule has 0 bridgehead atoms. The number of nitro groups is 1. The van der Waals surface area contributed by atoms with E-state index in [1.54, 1.807) is 24.3 Å². The van der Waals surface area contributed by atoms with Crippen molar-refractivity contribution < 1.29 is 24.0 Å². The Balaban J connectivity index is 1.55. The van der Waals surface area contributed by atoms with Crippen LogP contribution in [0.3, 0.4) is 0 Å². The van der Waals surface area contributed by atoms with Gasteiger partial charge in [0.25, 0.3) is 11.6 Å². The third kappa shape index (κ3) is 4.93. The van der Waals surface area contributed by atoms with Gasteiger partial charge in [0.05, 0.1) is 16.5 Å². The first-order valence-electron chi connectivity index (χ1n) is 9.02. The summed E-state index contributed by atoms with van der Waals surface area (Å²) in [6.07, 6.45) is -0.100. The molecule has 3 rings (SSSR count). The van der Waals surface area contributed by atoms with Crippen molar-refractivity contribution in [2.24, 2.45) is 5.92 Å².